The van der Waals surface area contributed by atoms with Crippen LogP contribution in [0.1, 0.15) is 32.1 Å². The molecule has 0 heterocycles. The molecule has 0 bridgehead atoms. The zero-order valence-corrected chi connectivity index (χ0v) is 19.8. The van der Waals surface area contributed by atoms with E-state index in [0.29, 0.717) is 0 Å². The Balaban J connectivity index is 1.05. The molecule has 166 valence electrons. The molecule has 30 unspecified atom stereocenters. The van der Waals surface area contributed by atoms with Crippen molar-refractivity contribution in [3.05, 3.63) is 0 Å². The van der Waals surface area contributed by atoms with Crippen molar-refractivity contribution in [1.29, 1.82) is 0 Å². The first kappa shape index (κ1) is 12.5. The Labute approximate surface area is 202 Å². The maximum atomic E-state index is 1.88. The predicted octanol–water partition coefficient (Wildman–Crippen LogP) is 3.92. The molecule has 35 heavy (non-hydrogen) atoms. The van der Waals surface area contributed by atoms with E-state index in [1.54, 1.807) is 12.8 Å². The molecule has 0 aromatic carbocycles. The van der Waals surface area contributed by atoms with Gasteiger partial charge in [-0.3, -0.25) is 0 Å². The molecule has 23 aliphatic carbocycles. The molecular formula is C35H26. The van der Waals surface area contributed by atoms with Crippen LogP contribution >= 0.6 is 0 Å². The zero-order valence-electron chi connectivity index (χ0n) is 19.8. The predicted molar refractivity (Wildman–Crippen MR) is 113 cm³/mol. The highest BCUT2D eigenvalue weighted by atomic mass is 15.6. The highest BCUT2D eigenvalue weighted by Crippen LogP contribution is 3.58. The zero-order chi connectivity index (χ0) is 19.8. The minimum absolute atomic E-state index is 1.06. The first-order valence-electron chi connectivity index (χ1n) is 17.4. The third kappa shape index (κ3) is 0.305. The van der Waals surface area contributed by atoms with Crippen molar-refractivity contribution in [2.24, 2.45) is 170 Å². The second-order valence-electron chi connectivity index (χ2n) is 21.9. The van der Waals surface area contributed by atoms with Crippen molar-refractivity contribution < 1.29 is 0 Å². The van der Waals surface area contributed by atoms with E-state index in [1.807, 2.05) is 19.3 Å². The Morgan fingerprint density at radius 1 is 0.429 bits per heavy atom. The van der Waals surface area contributed by atoms with Crippen LogP contribution in [0.2, 0.25) is 0 Å². The van der Waals surface area contributed by atoms with Crippen LogP contribution in [-0.4, -0.2) is 0 Å². The summed E-state index contributed by atoms with van der Waals surface area (Å²) in [6.07, 6.45) is 9.09. The van der Waals surface area contributed by atoms with Gasteiger partial charge in [-0.15, -0.1) is 0 Å². The Kier molecular flexibility index (Phi) is 0.702. The third-order valence-corrected chi connectivity index (χ3v) is 28.4. The van der Waals surface area contributed by atoms with Crippen LogP contribution in [0.5, 0.6) is 0 Å². The lowest BCUT2D eigenvalue weighted by Crippen LogP contribution is -3.54. The monoisotopic (exact) mass is 446 g/mol. The van der Waals surface area contributed by atoms with Crippen LogP contribution in [0.15, 0.2) is 0 Å². The number of hydrogen-bond acceptors (Lipinski definition) is 0. The minimum Gasteiger partial charge on any atom is -0.0464 e. The van der Waals surface area contributed by atoms with Gasteiger partial charge >= 0.3 is 0 Å². The van der Waals surface area contributed by atoms with Crippen molar-refractivity contribution in [3.8, 4) is 0 Å². The Bertz CT molecular complexity index is 1930. The van der Waals surface area contributed by atoms with Gasteiger partial charge in [0.1, 0.15) is 0 Å². The molecule has 30 atom stereocenters. The van der Waals surface area contributed by atoms with E-state index < -0.39 is 0 Å². The molecule has 0 heteroatoms. The van der Waals surface area contributed by atoms with E-state index in [2.05, 4.69) is 0 Å². The SMILES string of the molecule is C1C2CC3C4C25C1C1C2C6C7C8CC9CC%10C%11C%12C98C78C%127C%119C%10C%10C%11CC3%12C43C15C21C68C72C%109C%11%12C312. The fourth-order valence-corrected chi connectivity index (χ4v) is 35.1. The van der Waals surface area contributed by atoms with Crippen molar-refractivity contribution in [3.63, 3.8) is 0 Å². The molecule has 23 saturated carbocycles. The number of rotatable bonds is 0. The van der Waals surface area contributed by atoms with E-state index in [4.69, 9.17) is 0 Å². The van der Waals surface area contributed by atoms with Gasteiger partial charge in [0.25, 0.3) is 0 Å². The van der Waals surface area contributed by atoms with Crippen LogP contribution in [0.4, 0.5) is 0 Å². The summed E-state index contributed by atoms with van der Waals surface area (Å²) in [6.45, 7) is 0. The Morgan fingerprint density at radius 3 is 1.97 bits per heavy atom. The smallest absolute Gasteiger partial charge is 0.00105 e. The van der Waals surface area contributed by atoms with Crippen LogP contribution in [0, 0.1) is 170 Å². The first-order chi connectivity index (χ1) is 17.4. The largest absolute Gasteiger partial charge is 0.0464 e. The summed E-state index contributed by atoms with van der Waals surface area (Å²) in [5.74, 6) is 21.8. The molecule has 23 aliphatic rings. The van der Waals surface area contributed by atoms with Gasteiger partial charge in [0.15, 0.2) is 0 Å². The molecule has 0 radical (unpaired) electrons. The average Bonchev–Trinajstić information content (AvgIpc) is 2.97. The van der Waals surface area contributed by atoms with Crippen molar-refractivity contribution in [1.82, 2.24) is 0 Å². The van der Waals surface area contributed by atoms with E-state index in [0.717, 1.165) is 75.8 Å². The Morgan fingerprint density at radius 2 is 1.11 bits per heavy atom. The number of fused-ring (bicyclic) bond motifs is 8. The van der Waals surface area contributed by atoms with Gasteiger partial charge in [-0.1, -0.05) is 0 Å². The van der Waals surface area contributed by atoms with Gasteiger partial charge in [0.05, 0.1) is 0 Å². The summed E-state index contributed by atoms with van der Waals surface area (Å²) in [6, 6.07) is 0. The van der Waals surface area contributed by atoms with E-state index in [9.17, 15) is 0 Å². The lowest BCUT2D eigenvalue weighted by atomic mass is 8.47. The lowest BCUT2D eigenvalue weighted by Gasteiger charge is -3.55. The van der Waals surface area contributed by atoms with E-state index >= 15 is 0 Å². The molecule has 0 aromatic rings. The fourth-order valence-electron chi connectivity index (χ4n) is 35.1. The normalized spacial score (nSPS) is 130. The lowest BCUT2D eigenvalue weighted by molar-refractivity contribution is -1.11. The summed E-state index contributed by atoms with van der Waals surface area (Å²) in [4.78, 5) is 0. The summed E-state index contributed by atoms with van der Waals surface area (Å²) in [5, 5.41) is 0. The molecule has 0 amide bonds. The topological polar surface area (TPSA) is 0 Å². The van der Waals surface area contributed by atoms with Crippen LogP contribution in [0.3, 0.4) is 0 Å². The van der Waals surface area contributed by atoms with E-state index in [-0.39, 0.29) is 0 Å². The van der Waals surface area contributed by atoms with Crippen LogP contribution < -0.4 is 0 Å². The fraction of sp³-hybridized carbons (Fsp3) is 1.00. The standard InChI is InChI=1S/C35H26/c1-6-2-10-16-19-18-15-9-3-7-4-11-20-23(7,9)27(15)30(18)31(19)28(16)24(6,10)21-14-8(1)13-17-12-5-22(11)26(12)29(17)25(13,14)33(21,28)35(29,31)34(26,30)32(20,22)27/h6-21H,1-5H2. The molecular weight excluding hydrogens is 420 g/mol. The molecule has 0 saturated heterocycles. The van der Waals surface area contributed by atoms with E-state index in [1.165, 1.54) is 94.7 Å². The molecule has 23 rings (SSSR count). The number of hydrogen-bond donors (Lipinski definition) is 0. The molecule has 14 spiro atoms. The van der Waals surface area contributed by atoms with Gasteiger partial charge in [0.2, 0.25) is 0 Å². The maximum Gasteiger partial charge on any atom is -0.00105 e. The van der Waals surface area contributed by atoms with Gasteiger partial charge in [0, 0.05) is 0 Å². The summed E-state index contributed by atoms with van der Waals surface area (Å²) < 4.78 is 0. The third-order valence-electron chi connectivity index (χ3n) is 28.4. The second kappa shape index (κ2) is 1.97. The molecule has 0 nitrogen and oxygen atoms in total. The van der Waals surface area contributed by atoms with Crippen molar-refractivity contribution in [2.75, 3.05) is 0 Å². The van der Waals surface area contributed by atoms with Gasteiger partial charge < -0.3 is 0 Å². The minimum atomic E-state index is 1.06. The highest BCUT2D eigenvalue weighted by Gasteiger charge is 3.56. The maximum absolute atomic E-state index is 1.88. The second-order valence-corrected chi connectivity index (χ2v) is 21.9. The highest BCUT2D eigenvalue weighted by molar-refractivity contribution is 6.01. The van der Waals surface area contributed by atoms with Crippen LogP contribution in [-0.2, 0) is 0 Å². The quantitative estimate of drug-likeness (QED) is 0.529. The molecule has 0 aromatic heterocycles. The van der Waals surface area contributed by atoms with Crippen molar-refractivity contribution in [2.45, 2.75) is 32.1 Å². The average molecular weight is 447 g/mol. The molecule has 0 aliphatic heterocycles. The summed E-state index contributed by atoms with van der Waals surface area (Å²) >= 11 is 0. The van der Waals surface area contributed by atoms with Crippen molar-refractivity contribution >= 4 is 0 Å². The molecule has 0 N–H and O–H groups in total. The van der Waals surface area contributed by atoms with Gasteiger partial charge in [-0.2, -0.15) is 0 Å². The van der Waals surface area contributed by atoms with Gasteiger partial charge in [-0.25, -0.2) is 0 Å². The summed E-state index contributed by atoms with van der Waals surface area (Å²) in [7, 11) is 0. The van der Waals surface area contributed by atoms with Crippen LogP contribution in [0.25, 0.3) is 0 Å². The molecule has 23 fully saturated rings. The van der Waals surface area contributed by atoms with Gasteiger partial charge in [-0.05, 0) is 203 Å². The Hall–Kier alpha value is 0. The first-order valence-corrected chi connectivity index (χ1v) is 17.4. The summed E-state index contributed by atoms with van der Waals surface area (Å²) in [5.41, 5.74) is 15.5.